The van der Waals surface area contributed by atoms with E-state index in [1.54, 1.807) is 6.20 Å². The minimum Gasteiger partial charge on any atom is -0.391 e. The van der Waals surface area contributed by atoms with Crippen LogP contribution in [-0.2, 0) is 0 Å². The van der Waals surface area contributed by atoms with Gasteiger partial charge in [0.1, 0.15) is 0 Å². The number of anilines is 1. The first kappa shape index (κ1) is 13.2. The number of nitrogens with zero attached hydrogens (tertiary/aromatic N) is 3. The molecule has 0 atom stereocenters. The number of ether oxygens (including phenoxy) is 1. The molecule has 0 aliphatic rings. The number of primary amides is 1. The summed E-state index contributed by atoms with van der Waals surface area (Å²) in [4.78, 5) is 21.0. The summed E-state index contributed by atoms with van der Waals surface area (Å²) in [7, 11) is 0. The van der Waals surface area contributed by atoms with Crippen molar-refractivity contribution >= 4 is 12.0 Å². The molecule has 0 aliphatic carbocycles. The number of carbonyl (C=O) groups excluding carboxylic acids is 1. The molecule has 0 saturated carbocycles. The summed E-state index contributed by atoms with van der Waals surface area (Å²) >= 11 is 0. The summed E-state index contributed by atoms with van der Waals surface area (Å²) in [5.41, 5.74) is 4.94. The monoisotopic (exact) mass is 238 g/mol. The van der Waals surface area contributed by atoms with Gasteiger partial charge in [0.2, 0.25) is 11.8 Å². The summed E-state index contributed by atoms with van der Waals surface area (Å²) < 4.78 is 4.73. The van der Waals surface area contributed by atoms with Gasteiger partial charge in [0.05, 0.1) is 0 Å². The standard InChI is InChI=1S/C11H18N4O2/c1-7(2)15(8(3)4)11-13-6-5-9(14-11)17-10(12)16/h5-8H,1-4H3,(H2,12,16). The fourth-order valence-electron chi connectivity index (χ4n) is 1.67. The van der Waals surface area contributed by atoms with Gasteiger partial charge in [-0.05, 0) is 27.7 Å². The molecule has 1 rings (SSSR count). The summed E-state index contributed by atoms with van der Waals surface area (Å²) in [6, 6.07) is 1.99. The largest absolute Gasteiger partial charge is 0.411 e. The van der Waals surface area contributed by atoms with E-state index in [2.05, 4.69) is 9.97 Å². The van der Waals surface area contributed by atoms with E-state index in [1.165, 1.54) is 6.07 Å². The maximum atomic E-state index is 10.6. The normalized spacial score (nSPS) is 10.7. The molecule has 6 heteroatoms. The Labute approximate surface area is 101 Å². The van der Waals surface area contributed by atoms with E-state index in [0.29, 0.717) is 5.95 Å². The number of hydrogen-bond acceptors (Lipinski definition) is 5. The van der Waals surface area contributed by atoms with Crippen molar-refractivity contribution in [3.8, 4) is 5.88 Å². The Morgan fingerprint density at radius 3 is 2.41 bits per heavy atom. The molecule has 0 aromatic carbocycles. The van der Waals surface area contributed by atoms with Gasteiger partial charge in [0.15, 0.2) is 0 Å². The molecule has 2 N–H and O–H groups in total. The lowest BCUT2D eigenvalue weighted by molar-refractivity contribution is 0.209. The number of hydrogen-bond donors (Lipinski definition) is 1. The minimum atomic E-state index is -0.879. The maximum Gasteiger partial charge on any atom is 0.411 e. The second-order valence-electron chi connectivity index (χ2n) is 4.21. The number of amides is 1. The lowest BCUT2D eigenvalue weighted by atomic mass is 10.2. The lowest BCUT2D eigenvalue weighted by Crippen LogP contribution is -2.38. The van der Waals surface area contributed by atoms with Crippen LogP contribution in [0.4, 0.5) is 10.7 Å². The Morgan fingerprint density at radius 2 is 1.94 bits per heavy atom. The van der Waals surface area contributed by atoms with E-state index in [1.807, 2.05) is 32.6 Å². The Balaban J connectivity index is 3.00. The van der Waals surface area contributed by atoms with E-state index >= 15 is 0 Å². The highest BCUT2D eigenvalue weighted by Gasteiger charge is 2.17. The number of carbonyl (C=O) groups is 1. The molecule has 1 heterocycles. The van der Waals surface area contributed by atoms with E-state index in [4.69, 9.17) is 10.5 Å². The molecular formula is C11H18N4O2. The molecule has 94 valence electrons. The van der Waals surface area contributed by atoms with Crippen LogP contribution in [0, 0.1) is 0 Å². The average molecular weight is 238 g/mol. The summed E-state index contributed by atoms with van der Waals surface area (Å²) in [5.74, 6) is 0.683. The zero-order valence-corrected chi connectivity index (χ0v) is 10.5. The Morgan fingerprint density at radius 1 is 1.35 bits per heavy atom. The topological polar surface area (TPSA) is 81.3 Å². The second kappa shape index (κ2) is 5.47. The average Bonchev–Trinajstić information content (AvgIpc) is 2.15. The third-order valence-electron chi connectivity index (χ3n) is 2.17. The molecule has 1 aromatic heterocycles. The molecule has 0 saturated heterocycles. The predicted octanol–water partition coefficient (Wildman–Crippen LogP) is 1.56. The SMILES string of the molecule is CC(C)N(c1nccc(OC(N)=O)n1)C(C)C. The quantitative estimate of drug-likeness (QED) is 0.860. The highest BCUT2D eigenvalue weighted by atomic mass is 16.6. The van der Waals surface area contributed by atoms with Gasteiger partial charge in [0, 0.05) is 24.3 Å². The van der Waals surface area contributed by atoms with Crippen LogP contribution >= 0.6 is 0 Å². The third kappa shape index (κ3) is 3.58. The maximum absolute atomic E-state index is 10.6. The molecule has 0 radical (unpaired) electrons. The van der Waals surface area contributed by atoms with E-state index in [9.17, 15) is 4.79 Å². The van der Waals surface area contributed by atoms with Crippen LogP contribution < -0.4 is 15.4 Å². The first-order valence-corrected chi connectivity index (χ1v) is 5.50. The molecule has 6 nitrogen and oxygen atoms in total. The molecular weight excluding hydrogens is 220 g/mol. The van der Waals surface area contributed by atoms with Gasteiger partial charge in [-0.25, -0.2) is 9.78 Å². The predicted molar refractivity (Wildman–Crippen MR) is 65.0 cm³/mol. The van der Waals surface area contributed by atoms with E-state index in [-0.39, 0.29) is 18.0 Å². The van der Waals surface area contributed by atoms with Crippen LogP contribution in [0.15, 0.2) is 12.3 Å². The molecule has 0 unspecified atom stereocenters. The Hall–Kier alpha value is -1.85. The van der Waals surface area contributed by atoms with Crippen molar-refractivity contribution in [3.05, 3.63) is 12.3 Å². The second-order valence-corrected chi connectivity index (χ2v) is 4.21. The minimum absolute atomic E-state index is 0.161. The Kier molecular flexibility index (Phi) is 4.25. The van der Waals surface area contributed by atoms with E-state index < -0.39 is 6.09 Å². The fourth-order valence-corrected chi connectivity index (χ4v) is 1.67. The van der Waals surface area contributed by atoms with Gasteiger partial charge in [-0.3, -0.25) is 0 Å². The molecule has 17 heavy (non-hydrogen) atoms. The van der Waals surface area contributed by atoms with Gasteiger partial charge in [0.25, 0.3) is 0 Å². The number of rotatable bonds is 4. The molecule has 0 bridgehead atoms. The van der Waals surface area contributed by atoms with Crippen molar-refractivity contribution in [2.24, 2.45) is 5.73 Å². The van der Waals surface area contributed by atoms with Gasteiger partial charge >= 0.3 is 6.09 Å². The van der Waals surface area contributed by atoms with Crippen LogP contribution in [0.3, 0.4) is 0 Å². The van der Waals surface area contributed by atoms with Crippen LogP contribution in [0.5, 0.6) is 5.88 Å². The van der Waals surface area contributed by atoms with Crippen molar-refractivity contribution in [1.29, 1.82) is 0 Å². The third-order valence-corrected chi connectivity index (χ3v) is 2.17. The molecule has 0 fully saturated rings. The van der Waals surface area contributed by atoms with Crippen molar-refractivity contribution in [2.75, 3.05) is 4.90 Å². The highest BCUT2D eigenvalue weighted by Crippen LogP contribution is 2.17. The number of nitrogens with two attached hydrogens (primary N) is 1. The first-order chi connectivity index (χ1) is 7.91. The van der Waals surface area contributed by atoms with E-state index in [0.717, 1.165) is 0 Å². The fraction of sp³-hybridized carbons (Fsp3) is 0.545. The number of aromatic nitrogens is 2. The van der Waals surface area contributed by atoms with Crippen LogP contribution in [0.1, 0.15) is 27.7 Å². The van der Waals surface area contributed by atoms with Crippen LogP contribution in [0.2, 0.25) is 0 Å². The van der Waals surface area contributed by atoms with Crippen molar-refractivity contribution in [1.82, 2.24) is 9.97 Å². The van der Waals surface area contributed by atoms with Crippen LogP contribution in [0.25, 0.3) is 0 Å². The van der Waals surface area contributed by atoms with Crippen molar-refractivity contribution in [2.45, 2.75) is 39.8 Å². The smallest absolute Gasteiger partial charge is 0.391 e. The summed E-state index contributed by atoms with van der Waals surface area (Å²) in [5, 5.41) is 0. The molecule has 0 aliphatic heterocycles. The van der Waals surface area contributed by atoms with Gasteiger partial charge in [-0.2, -0.15) is 4.98 Å². The molecule has 1 amide bonds. The molecule has 1 aromatic rings. The first-order valence-electron chi connectivity index (χ1n) is 5.50. The van der Waals surface area contributed by atoms with Gasteiger partial charge in [-0.15, -0.1) is 0 Å². The van der Waals surface area contributed by atoms with Crippen molar-refractivity contribution < 1.29 is 9.53 Å². The zero-order chi connectivity index (χ0) is 13.0. The highest BCUT2D eigenvalue weighted by molar-refractivity contribution is 5.67. The van der Waals surface area contributed by atoms with Crippen molar-refractivity contribution in [3.63, 3.8) is 0 Å². The van der Waals surface area contributed by atoms with Gasteiger partial charge in [-0.1, -0.05) is 0 Å². The van der Waals surface area contributed by atoms with Crippen LogP contribution in [-0.4, -0.2) is 28.1 Å². The zero-order valence-electron chi connectivity index (χ0n) is 10.5. The Bertz CT molecular complexity index is 385. The summed E-state index contributed by atoms with van der Waals surface area (Å²) in [6.07, 6.45) is 0.661. The lowest BCUT2D eigenvalue weighted by Gasteiger charge is -2.30. The summed E-state index contributed by atoms with van der Waals surface area (Å²) in [6.45, 7) is 8.19. The van der Waals surface area contributed by atoms with Gasteiger partial charge < -0.3 is 15.4 Å². The molecule has 0 spiro atoms.